The van der Waals surface area contributed by atoms with Crippen molar-refractivity contribution in [3.8, 4) is 11.3 Å². The average Bonchev–Trinajstić information content (AvgIpc) is 3.11. The molecule has 0 bridgehead atoms. The molecular formula is C20H19FN4O2. The number of carbonyl (C=O) groups excluding carboxylic acids is 1. The fourth-order valence-corrected chi connectivity index (χ4v) is 3.13. The summed E-state index contributed by atoms with van der Waals surface area (Å²) >= 11 is 0. The molecule has 0 radical (unpaired) electrons. The Morgan fingerprint density at radius 2 is 2.11 bits per heavy atom. The summed E-state index contributed by atoms with van der Waals surface area (Å²) in [6, 6.07) is 10.0. The van der Waals surface area contributed by atoms with E-state index in [2.05, 4.69) is 19.9 Å². The predicted molar refractivity (Wildman–Crippen MR) is 97.1 cm³/mol. The fourth-order valence-electron chi connectivity index (χ4n) is 3.13. The molecular weight excluding hydrogens is 347 g/mol. The van der Waals surface area contributed by atoms with Crippen molar-refractivity contribution in [3.63, 3.8) is 0 Å². The van der Waals surface area contributed by atoms with Crippen LogP contribution in [0.1, 0.15) is 11.4 Å². The van der Waals surface area contributed by atoms with Crippen LogP contribution >= 0.6 is 0 Å². The van der Waals surface area contributed by atoms with E-state index in [0.717, 1.165) is 22.6 Å². The molecule has 1 aliphatic rings. The first-order valence-electron chi connectivity index (χ1n) is 8.76. The molecule has 1 aromatic carbocycles. The zero-order valence-electron chi connectivity index (χ0n) is 14.6. The van der Waals surface area contributed by atoms with Crippen molar-refractivity contribution in [1.82, 2.24) is 19.9 Å². The van der Waals surface area contributed by atoms with Crippen molar-refractivity contribution < 1.29 is 13.9 Å². The number of halogens is 1. The highest BCUT2D eigenvalue weighted by Crippen LogP contribution is 2.25. The predicted octanol–water partition coefficient (Wildman–Crippen LogP) is 2.34. The van der Waals surface area contributed by atoms with Gasteiger partial charge in [-0.2, -0.15) is 0 Å². The van der Waals surface area contributed by atoms with Crippen LogP contribution in [-0.2, 0) is 29.1 Å². The zero-order valence-corrected chi connectivity index (χ0v) is 14.6. The van der Waals surface area contributed by atoms with Gasteiger partial charge in [-0.3, -0.25) is 9.78 Å². The summed E-state index contributed by atoms with van der Waals surface area (Å²) in [6.45, 7) is 1.37. The molecule has 1 N–H and O–H groups in total. The second-order valence-electron chi connectivity index (χ2n) is 6.45. The van der Waals surface area contributed by atoms with Gasteiger partial charge in [0.1, 0.15) is 18.2 Å². The molecule has 3 heterocycles. The maximum absolute atomic E-state index is 13.2. The molecule has 0 fully saturated rings. The van der Waals surface area contributed by atoms with Gasteiger partial charge in [0.2, 0.25) is 5.91 Å². The van der Waals surface area contributed by atoms with Crippen LogP contribution in [0.4, 0.5) is 4.39 Å². The fraction of sp³-hybridized carbons (Fsp3) is 0.250. The number of ether oxygens (including phenoxy) is 1. The number of nitrogens with one attached hydrogen (secondary N) is 1. The highest BCUT2D eigenvalue weighted by atomic mass is 19.1. The van der Waals surface area contributed by atoms with Crippen LogP contribution in [0.3, 0.4) is 0 Å². The van der Waals surface area contributed by atoms with Gasteiger partial charge in [0.15, 0.2) is 0 Å². The number of pyridine rings is 1. The van der Waals surface area contributed by atoms with E-state index in [0.29, 0.717) is 19.7 Å². The van der Waals surface area contributed by atoms with Gasteiger partial charge in [0.05, 0.1) is 31.0 Å². The number of benzene rings is 1. The molecule has 1 aliphatic heterocycles. The summed E-state index contributed by atoms with van der Waals surface area (Å²) in [6.07, 6.45) is 5.28. The van der Waals surface area contributed by atoms with E-state index >= 15 is 0 Å². The quantitative estimate of drug-likeness (QED) is 0.753. The topological polar surface area (TPSA) is 69.0 Å². The third-order valence-corrected chi connectivity index (χ3v) is 4.53. The molecule has 7 heteroatoms. The highest BCUT2D eigenvalue weighted by molar-refractivity contribution is 5.78. The number of aromatic nitrogens is 3. The van der Waals surface area contributed by atoms with Crippen LogP contribution < -0.4 is 5.32 Å². The van der Waals surface area contributed by atoms with Crippen LogP contribution in [0.2, 0.25) is 0 Å². The molecule has 1 atom stereocenters. The van der Waals surface area contributed by atoms with Gasteiger partial charge in [-0.15, -0.1) is 0 Å². The van der Waals surface area contributed by atoms with Crippen molar-refractivity contribution in [1.29, 1.82) is 0 Å². The van der Waals surface area contributed by atoms with Crippen LogP contribution in [-0.4, -0.2) is 33.1 Å². The van der Waals surface area contributed by atoms with Crippen LogP contribution in [0.5, 0.6) is 0 Å². The molecule has 27 heavy (non-hydrogen) atoms. The van der Waals surface area contributed by atoms with E-state index < -0.39 is 0 Å². The molecule has 6 nitrogen and oxygen atoms in total. The minimum absolute atomic E-state index is 0.0678. The number of hydrogen-bond acceptors (Lipinski definition) is 4. The number of carbonyl (C=O) groups is 1. The largest absolute Gasteiger partial charge is 0.367 e. The number of fused-ring (bicyclic) bond motifs is 1. The summed E-state index contributed by atoms with van der Waals surface area (Å²) in [4.78, 5) is 20.5. The Morgan fingerprint density at radius 1 is 1.26 bits per heavy atom. The molecule has 0 unspecified atom stereocenters. The van der Waals surface area contributed by atoms with Gasteiger partial charge in [-0.05, 0) is 41.5 Å². The zero-order chi connectivity index (χ0) is 18.6. The lowest BCUT2D eigenvalue weighted by Crippen LogP contribution is -2.39. The van der Waals surface area contributed by atoms with Gasteiger partial charge in [-0.25, -0.2) is 9.37 Å². The van der Waals surface area contributed by atoms with Gasteiger partial charge >= 0.3 is 0 Å². The lowest BCUT2D eigenvalue weighted by molar-refractivity contribution is -0.121. The van der Waals surface area contributed by atoms with E-state index in [9.17, 15) is 9.18 Å². The van der Waals surface area contributed by atoms with Gasteiger partial charge in [-0.1, -0.05) is 6.07 Å². The second kappa shape index (κ2) is 7.67. The van der Waals surface area contributed by atoms with E-state index in [1.807, 2.05) is 12.1 Å². The molecule has 2 aromatic heterocycles. The number of rotatable bonds is 5. The molecule has 1 amide bonds. The monoisotopic (exact) mass is 366 g/mol. The Morgan fingerprint density at radius 3 is 2.89 bits per heavy atom. The smallest absolute Gasteiger partial charge is 0.224 e. The van der Waals surface area contributed by atoms with Crippen molar-refractivity contribution in [3.05, 3.63) is 72.2 Å². The first kappa shape index (κ1) is 17.4. The van der Waals surface area contributed by atoms with Gasteiger partial charge in [0.25, 0.3) is 0 Å². The third-order valence-electron chi connectivity index (χ3n) is 4.53. The molecule has 138 valence electrons. The minimum Gasteiger partial charge on any atom is -0.367 e. The summed E-state index contributed by atoms with van der Waals surface area (Å²) in [5.41, 5.74) is 2.69. The van der Waals surface area contributed by atoms with Crippen molar-refractivity contribution in [2.75, 3.05) is 6.54 Å². The molecule has 4 rings (SSSR count). The maximum atomic E-state index is 13.2. The molecule has 3 aromatic rings. The van der Waals surface area contributed by atoms with Crippen molar-refractivity contribution in [2.24, 2.45) is 0 Å². The summed E-state index contributed by atoms with van der Waals surface area (Å²) in [5, 5.41) is 2.92. The Balaban J connectivity index is 1.39. The SMILES string of the molecule is O=C(Cc1cccnc1)NC[C@H]1Cn2c(-c3ccc(F)cc3)cnc2CO1. The summed E-state index contributed by atoms with van der Waals surface area (Å²) in [7, 11) is 0. The van der Waals surface area contributed by atoms with E-state index in [1.165, 1.54) is 12.1 Å². The van der Waals surface area contributed by atoms with E-state index in [-0.39, 0.29) is 24.2 Å². The van der Waals surface area contributed by atoms with Crippen molar-refractivity contribution in [2.45, 2.75) is 25.7 Å². The molecule has 0 saturated heterocycles. The number of imidazole rings is 1. The lowest BCUT2D eigenvalue weighted by atomic mass is 10.1. The van der Waals surface area contributed by atoms with Crippen LogP contribution in [0.15, 0.2) is 55.0 Å². The molecule has 0 spiro atoms. The first-order chi connectivity index (χ1) is 13.2. The number of amides is 1. The Kier molecular flexibility index (Phi) is 4.93. The number of nitrogens with zero attached hydrogens (tertiary/aromatic N) is 3. The Bertz CT molecular complexity index is 925. The Labute approximate surface area is 156 Å². The second-order valence-corrected chi connectivity index (χ2v) is 6.45. The summed E-state index contributed by atoms with van der Waals surface area (Å²) in [5.74, 6) is 0.490. The van der Waals surface area contributed by atoms with E-state index in [1.54, 1.807) is 30.7 Å². The van der Waals surface area contributed by atoms with Gasteiger partial charge in [0, 0.05) is 18.9 Å². The normalized spacial score (nSPS) is 16.0. The Hall–Kier alpha value is -3.06. The van der Waals surface area contributed by atoms with Crippen LogP contribution in [0.25, 0.3) is 11.3 Å². The summed E-state index contributed by atoms with van der Waals surface area (Å²) < 4.78 is 21.0. The number of hydrogen-bond donors (Lipinski definition) is 1. The maximum Gasteiger partial charge on any atom is 0.224 e. The van der Waals surface area contributed by atoms with Crippen molar-refractivity contribution >= 4 is 5.91 Å². The third kappa shape index (κ3) is 4.03. The first-order valence-corrected chi connectivity index (χ1v) is 8.76. The standard InChI is InChI=1S/C20H19FN4O2/c21-16-5-3-15(4-6-16)18-11-23-19-13-27-17(12-25(18)19)10-24-20(26)8-14-2-1-7-22-9-14/h1-7,9,11,17H,8,10,12-13H2,(H,24,26)/t17-/m0/s1. The van der Waals surface area contributed by atoms with E-state index in [4.69, 9.17) is 4.74 Å². The van der Waals surface area contributed by atoms with Crippen LogP contribution in [0, 0.1) is 5.82 Å². The highest BCUT2D eigenvalue weighted by Gasteiger charge is 2.23. The molecule has 0 aliphatic carbocycles. The minimum atomic E-state index is -0.269. The van der Waals surface area contributed by atoms with Gasteiger partial charge < -0.3 is 14.6 Å². The molecule has 0 saturated carbocycles. The lowest BCUT2D eigenvalue weighted by Gasteiger charge is -2.26. The average molecular weight is 366 g/mol.